The fourth-order valence-electron chi connectivity index (χ4n) is 1.39. The van der Waals surface area contributed by atoms with Gasteiger partial charge >= 0.3 is 0 Å². The van der Waals surface area contributed by atoms with Crippen LogP contribution in [0.25, 0.3) is 0 Å². The molecule has 0 aliphatic rings. The molecular formula is C13H19Br2NO2. The molecule has 0 aliphatic carbocycles. The number of hydrogen-bond acceptors (Lipinski definition) is 3. The van der Waals surface area contributed by atoms with Gasteiger partial charge in [0.05, 0.1) is 16.1 Å². The van der Waals surface area contributed by atoms with Crippen molar-refractivity contribution in [3.8, 4) is 11.5 Å². The van der Waals surface area contributed by atoms with Gasteiger partial charge in [-0.05, 0) is 57.3 Å². The summed E-state index contributed by atoms with van der Waals surface area (Å²) in [6, 6.07) is 4.33. The highest BCUT2D eigenvalue weighted by Gasteiger charge is 2.08. The summed E-state index contributed by atoms with van der Waals surface area (Å²) in [7, 11) is 1.64. The van der Waals surface area contributed by atoms with Crippen molar-refractivity contribution in [2.45, 2.75) is 26.3 Å². The van der Waals surface area contributed by atoms with E-state index in [1.807, 2.05) is 12.1 Å². The lowest BCUT2D eigenvalue weighted by Gasteiger charge is -2.13. The van der Waals surface area contributed by atoms with Crippen LogP contribution >= 0.6 is 31.9 Å². The van der Waals surface area contributed by atoms with E-state index >= 15 is 0 Å². The molecule has 0 spiro atoms. The van der Waals surface area contributed by atoms with Crippen molar-refractivity contribution in [3.05, 3.63) is 21.1 Å². The van der Waals surface area contributed by atoms with Gasteiger partial charge in [-0.25, -0.2) is 0 Å². The third-order valence-corrected chi connectivity index (χ3v) is 3.91. The number of rotatable bonds is 7. The first-order chi connectivity index (χ1) is 8.58. The van der Waals surface area contributed by atoms with Crippen LogP contribution in [0, 0.1) is 0 Å². The van der Waals surface area contributed by atoms with Crippen molar-refractivity contribution in [2.24, 2.45) is 0 Å². The molecule has 5 heteroatoms. The fourth-order valence-corrected chi connectivity index (χ4v) is 2.31. The summed E-state index contributed by atoms with van der Waals surface area (Å²) >= 11 is 6.91. The number of nitrogens with one attached hydrogen (secondary N) is 1. The minimum atomic E-state index is 0.527. The van der Waals surface area contributed by atoms with Gasteiger partial charge in [-0.2, -0.15) is 0 Å². The van der Waals surface area contributed by atoms with Crippen molar-refractivity contribution in [2.75, 3.05) is 20.3 Å². The van der Waals surface area contributed by atoms with Gasteiger partial charge in [-0.15, -0.1) is 0 Å². The van der Waals surface area contributed by atoms with Crippen molar-refractivity contribution < 1.29 is 9.47 Å². The molecule has 18 heavy (non-hydrogen) atoms. The van der Waals surface area contributed by atoms with E-state index in [2.05, 4.69) is 51.0 Å². The van der Waals surface area contributed by atoms with E-state index in [4.69, 9.17) is 9.47 Å². The van der Waals surface area contributed by atoms with E-state index < -0.39 is 0 Å². The van der Waals surface area contributed by atoms with Crippen molar-refractivity contribution >= 4 is 31.9 Å². The Balaban J connectivity index is 2.50. The zero-order valence-corrected chi connectivity index (χ0v) is 14.1. The molecule has 0 amide bonds. The minimum Gasteiger partial charge on any atom is -0.496 e. The molecular weight excluding hydrogens is 362 g/mol. The fraction of sp³-hybridized carbons (Fsp3) is 0.538. The Morgan fingerprint density at radius 1 is 1.22 bits per heavy atom. The van der Waals surface area contributed by atoms with Gasteiger partial charge in [-0.3, -0.25) is 0 Å². The predicted molar refractivity (Wildman–Crippen MR) is 81.6 cm³/mol. The molecule has 1 aromatic rings. The van der Waals surface area contributed by atoms with Crippen LogP contribution in [0.5, 0.6) is 11.5 Å². The Morgan fingerprint density at radius 3 is 2.44 bits per heavy atom. The second kappa shape index (κ2) is 8.02. The number of methoxy groups -OCH3 is 1. The van der Waals surface area contributed by atoms with Crippen LogP contribution in [0.15, 0.2) is 21.1 Å². The summed E-state index contributed by atoms with van der Waals surface area (Å²) in [4.78, 5) is 0. The predicted octanol–water partition coefficient (Wildman–Crippen LogP) is 3.99. The van der Waals surface area contributed by atoms with E-state index in [0.29, 0.717) is 12.6 Å². The van der Waals surface area contributed by atoms with E-state index in [0.717, 1.165) is 33.4 Å². The molecule has 0 saturated heterocycles. The van der Waals surface area contributed by atoms with Crippen LogP contribution in [-0.4, -0.2) is 26.3 Å². The molecule has 0 radical (unpaired) electrons. The highest BCUT2D eigenvalue weighted by Crippen LogP contribution is 2.35. The molecule has 0 aromatic heterocycles. The molecule has 102 valence electrons. The second-order valence-corrected chi connectivity index (χ2v) is 5.74. The summed E-state index contributed by atoms with van der Waals surface area (Å²) in [5.41, 5.74) is 0. The summed E-state index contributed by atoms with van der Waals surface area (Å²) in [6.45, 7) is 5.81. The monoisotopic (exact) mass is 379 g/mol. The Bertz CT molecular complexity index is 385. The first-order valence-electron chi connectivity index (χ1n) is 5.97. The lowest BCUT2D eigenvalue weighted by Crippen LogP contribution is -2.29. The summed E-state index contributed by atoms with van der Waals surface area (Å²) in [6.07, 6.45) is 1.12. The molecule has 1 aromatic carbocycles. The smallest absolute Gasteiger partial charge is 0.134 e. The minimum absolute atomic E-state index is 0.527. The second-order valence-electron chi connectivity index (χ2n) is 4.03. The van der Waals surface area contributed by atoms with E-state index in [1.54, 1.807) is 7.11 Å². The van der Waals surface area contributed by atoms with Crippen molar-refractivity contribution in [1.29, 1.82) is 0 Å². The molecule has 1 atom stereocenters. The molecule has 1 unspecified atom stereocenters. The topological polar surface area (TPSA) is 30.5 Å². The molecule has 0 heterocycles. The van der Waals surface area contributed by atoms with Crippen LogP contribution in [0.1, 0.15) is 20.3 Å². The molecule has 1 N–H and O–H groups in total. The number of halogens is 2. The van der Waals surface area contributed by atoms with E-state index in [1.165, 1.54) is 0 Å². The largest absolute Gasteiger partial charge is 0.496 e. The third kappa shape index (κ3) is 4.78. The highest BCUT2D eigenvalue weighted by atomic mass is 79.9. The summed E-state index contributed by atoms with van der Waals surface area (Å²) < 4.78 is 12.7. The Labute approximate surface area is 125 Å². The Kier molecular flexibility index (Phi) is 7.04. The van der Waals surface area contributed by atoms with Crippen LogP contribution in [0.3, 0.4) is 0 Å². The lowest BCUT2D eigenvalue weighted by atomic mass is 10.3. The zero-order chi connectivity index (χ0) is 13.5. The summed E-state index contributed by atoms with van der Waals surface area (Å²) in [5, 5.41) is 3.38. The van der Waals surface area contributed by atoms with Gasteiger partial charge in [-0.1, -0.05) is 6.92 Å². The van der Waals surface area contributed by atoms with Gasteiger partial charge in [0.15, 0.2) is 0 Å². The maximum absolute atomic E-state index is 5.72. The third-order valence-electron chi connectivity index (χ3n) is 2.67. The quantitative estimate of drug-likeness (QED) is 0.725. The molecule has 3 nitrogen and oxygen atoms in total. The van der Waals surface area contributed by atoms with Gasteiger partial charge in [0.2, 0.25) is 0 Å². The maximum Gasteiger partial charge on any atom is 0.134 e. The molecule has 0 bridgehead atoms. The molecule has 1 rings (SSSR count). The van der Waals surface area contributed by atoms with Crippen LogP contribution in [-0.2, 0) is 0 Å². The van der Waals surface area contributed by atoms with Crippen molar-refractivity contribution in [1.82, 2.24) is 5.32 Å². The highest BCUT2D eigenvalue weighted by molar-refractivity contribution is 9.11. The number of benzene rings is 1. The van der Waals surface area contributed by atoms with E-state index in [-0.39, 0.29) is 0 Å². The van der Waals surface area contributed by atoms with Crippen LogP contribution < -0.4 is 14.8 Å². The standard InChI is InChI=1S/C13H19Br2NO2/c1-4-9(2)16-5-6-18-13-8-10(14)12(17-3)7-11(13)15/h7-9,16H,4-6H2,1-3H3. The molecule has 0 aliphatic heterocycles. The number of ether oxygens (including phenoxy) is 2. The van der Waals surface area contributed by atoms with Gasteiger partial charge < -0.3 is 14.8 Å². The first kappa shape index (κ1) is 15.8. The van der Waals surface area contributed by atoms with Gasteiger partial charge in [0.1, 0.15) is 18.1 Å². The van der Waals surface area contributed by atoms with Crippen LogP contribution in [0.4, 0.5) is 0 Å². The van der Waals surface area contributed by atoms with Gasteiger partial charge in [0, 0.05) is 12.6 Å². The average Bonchev–Trinajstić information content (AvgIpc) is 2.37. The number of hydrogen-bond donors (Lipinski definition) is 1. The van der Waals surface area contributed by atoms with Crippen molar-refractivity contribution in [3.63, 3.8) is 0 Å². The van der Waals surface area contributed by atoms with E-state index in [9.17, 15) is 0 Å². The first-order valence-corrected chi connectivity index (χ1v) is 7.56. The molecule has 0 fully saturated rings. The zero-order valence-electron chi connectivity index (χ0n) is 10.9. The SMILES string of the molecule is CCC(C)NCCOc1cc(Br)c(OC)cc1Br. The molecule has 0 saturated carbocycles. The maximum atomic E-state index is 5.72. The van der Waals surface area contributed by atoms with Crippen LogP contribution in [0.2, 0.25) is 0 Å². The lowest BCUT2D eigenvalue weighted by molar-refractivity contribution is 0.303. The Hall–Kier alpha value is -0.260. The normalized spacial score (nSPS) is 12.3. The van der Waals surface area contributed by atoms with Gasteiger partial charge in [0.25, 0.3) is 0 Å². The summed E-state index contributed by atoms with van der Waals surface area (Å²) in [5.74, 6) is 1.60. The Morgan fingerprint density at radius 2 is 1.83 bits per heavy atom. The average molecular weight is 381 g/mol.